The first-order chi connectivity index (χ1) is 8.08. The van der Waals surface area contributed by atoms with Crippen molar-refractivity contribution in [3.63, 3.8) is 0 Å². The summed E-state index contributed by atoms with van der Waals surface area (Å²) in [6, 6.07) is 2.71. The van der Waals surface area contributed by atoms with Crippen LogP contribution in [0.15, 0.2) is 30.7 Å². The molecule has 0 aromatic carbocycles. The molecule has 17 heavy (non-hydrogen) atoms. The van der Waals surface area contributed by atoms with Crippen LogP contribution in [0, 0.1) is 0 Å². The van der Waals surface area contributed by atoms with E-state index in [9.17, 15) is 9.59 Å². The monoisotopic (exact) mass is 232 g/mol. The SMILES string of the molecule is NC(=O)c1cnn(-c2cc(C(=O)O)ccn2)c1. The first-order valence-electron chi connectivity index (χ1n) is 4.62. The van der Waals surface area contributed by atoms with Crippen LogP contribution in [-0.2, 0) is 0 Å². The molecule has 3 N–H and O–H groups in total. The molecule has 0 fully saturated rings. The van der Waals surface area contributed by atoms with Crippen molar-refractivity contribution >= 4 is 11.9 Å². The van der Waals surface area contributed by atoms with E-state index in [4.69, 9.17) is 10.8 Å². The molecule has 7 heteroatoms. The van der Waals surface area contributed by atoms with Crippen molar-refractivity contribution in [1.82, 2.24) is 14.8 Å². The lowest BCUT2D eigenvalue weighted by Crippen LogP contribution is -2.09. The quantitative estimate of drug-likeness (QED) is 0.777. The van der Waals surface area contributed by atoms with Crippen LogP contribution in [0.2, 0.25) is 0 Å². The molecule has 0 radical (unpaired) electrons. The maximum atomic E-state index is 10.9. The Morgan fingerprint density at radius 3 is 2.71 bits per heavy atom. The number of carboxylic acid groups (broad SMARTS) is 1. The van der Waals surface area contributed by atoms with Gasteiger partial charge in [0.1, 0.15) is 0 Å². The summed E-state index contributed by atoms with van der Waals surface area (Å²) in [5.41, 5.74) is 5.39. The number of primary amides is 1. The van der Waals surface area contributed by atoms with Gasteiger partial charge in [0.15, 0.2) is 5.82 Å². The number of aromatic nitrogens is 3. The van der Waals surface area contributed by atoms with Gasteiger partial charge in [0.05, 0.1) is 17.3 Å². The second-order valence-electron chi connectivity index (χ2n) is 3.25. The molecule has 0 atom stereocenters. The Kier molecular flexibility index (Phi) is 2.57. The molecule has 0 unspecified atom stereocenters. The summed E-state index contributed by atoms with van der Waals surface area (Å²) in [6.07, 6.45) is 4.03. The minimum atomic E-state index is -1.06. The molecule has 0 saturated carbocycles. The molecule has 7 nitrogen and oxygen atoms in total. The average molecular weight is 232 g/mol. The Bertz CT molecular complexity index is 591. The maximum absolute atomic E-state index is 10.9. The van der Waals surface area contributed by atoms with E-state index < -0.39 is 11.9 Å². The largest absolute Gasteiger partial charge is 0.478 e. The smallest absolute Gasteiger partial charge is 0.335 e. The minimum Gasteiger partial charge on any atom is -0.478 e. The number of amides is 1. The number of nitrogens with two attached hydrogens (primary N) is 1. The summed E-state index contributed by atoms with van der Waals surface area (Å²) in [6.45, 7) is 0. The van der Waals surface area contributed by atoms with Gasteiger partial charge in [-0.3, -0.25) is 4.79 Å². The molecule has 2 rings (SSSR count). The summed E-state index contributed by atoms with van der Waals surface area (Å²) in [4.78, 5) is 25.6. The zero-order valence-corrected chi connectivity index (χ0v) is 8.57. The van der Waals surface area contributed by atoms with E-state index >= 15 is 0 Å². The van der Waals surface area contributed by atoms with Gasteiger partial charge >= 0.3 is 5.97 Å². The van der Waals surface area contributed by atoms with Crippen molar-refractivity contribution in [2.24, 2.45) is 5.73 Å². The summed E-state index contributed by atoms with van der Waals surface area (Å²) in [5, 5.41) is 12.7. The van der Waals surface area contributed by atoms with Crippen LogP contribution < -0.4 is 5.73 Å². The first kappa shape index (κ1) is 10.8. The summed E-state index contributed by atoms with van der Waals surface area (Å²) >= 11 is 0. The number of hydrogen-bond acceptors (Lipinski definition) is 4. The van der Waals surface area contributed by atoms with Gasteiger partial charge < -0.3 is 10.8 Å². The van der Waals surface area contributed by atoms with E-state index in [1.54, 1.807) is 0 Å². The van der Waals surface area contributed by atoms with E-state index in [1.165, 1.54) is 35.4 Å². The lowest BCUT2D eigenvalue weighted by molar-refractivity contribution is 0.0696. The number of aromatic carboxylic acids is 1. The van der Waals surface area contributed by atoms with Gasteiger partial charge in [-0.1, -0.05) is 0 Å². The predicted molar refractivity (Wildman–Crippen MR) is 56.8 cm³/mol. The molecular formula is C10H8N4O3. The molecule has 0 spiro atoms. The van der Waals surface area contributed by atoms with E-state index in [0.717, 1.165) is 0 Å². The third-order valence-corrected chi connectivity index (χ3v) is 2.09. The van der Waals surface area contributed by atoms with Gasteiger partial charge in [0.25, 0.3) is 5.91 Å². The zero-order valence-electron chi connectivity index (χ0n) is 8.57. The Morgan fingerprint density at radius 2 is 2.12 bits per heavy atom. The lowest BCUT2D eigenvalue weighted by atomic mass is 10.2. The van der Waals surface area contributed by atoms with Crippen LogP contribution in [0.4, 0.5) is 0 Å². The summed E-state index contributed by atoms with van der Waals surface area (Å²) in [7, 11) is 0. The lowest BCUT2D eigenvalue weighted by Gasteiger charge is -2.00. The fourth-order valence-corrected chi connectivity index (χ4v) is 1.25. The number of pyridine rings is 1. The molecule has 0 aliphatic heterocycles. The molecule has 0 saturated heterocycles. The highest BCUT2D eigenvalue weighted by atomic mass is 16.4. The zero-order chi connectivity index (χ0) is 12.4. The maximum Gasteiger partial charge on any atom is 0.335 e. The molecule has 0 bridgehead atoms. The number of carboxylic acids is 1. The topological polar surface area (TPSA) is 111 Å². The Balaban J connectivity index is 2.42. The van der Waals surface area contributed by atoms with Crippen LogP contribution in [0.5, 0.6) is 0 Å². The number of carbonyl (C=O) groups excluding carboxylic acids is 1. The van der Waals surface area contributed by atoms with Crippen molar-refractivity contribution < 1.29 is 14.7 Å². The van der Waals surface area contributed by atoms with Crippen LogP contribution in [0.25, 0.3) is 5.82 Å². The van der Waals surface area contributed by atoms with Crippen molar-refractivity contribution in [3.8, 4) is 5.82 Å². The molecule has 0 aliphatic rings. The standard InChI is InChI=1S/C10H8N4O3/c11-9(15)7-4-13-14(5-7)8-3-6(10(16)17)1-2-12-8/h1-5H,(H2,11,15)(H,16,17). The van der Waals surface area contributed by atoms with Gasteiger partial charge in [0, 0.05) is 12.4 Å². The van der Waals surface area contributed by atoms with Crippen molar-refractivity contribution in [3.05, 3.63) is 41.9 Å². The van der Waals surface area contributed by atoms with Crippen LogP contribution in [0.1, 0.15) is 20.7 Å². The Hall–Kier alpha value is -2.70. The molecule has 2 aromatic heterocycles. The van der Waals surface area contributed by atoms with Crippen molar-refractivity contribution in [2.75, 3.05) is 0 Å². The highest BCUT2D eigenvalue weighted by Crippen LogP contribution is 2.07. The fourth-order valence-electron chi connectivity index (χ4n) is 1.25. The third-order valence-electron chi connectivity index (χ3n) is 2.09. The normalized spacial score (nSPS) is 10.1. The fraction of sp³-hybridized carbons (Fsp3) is 0. The first-order valence-corrected chi connectivity index (χ1v) is 4.62. The van der Waals surface area contributed by atoms with Gasteiger partial charge in [-0.25, -0.2) is 14.5 Å². The number of rotatable bonds is 3. The molecule has 0 aliphatic carbocycles. The summed E-state index contributed by atoms with van der Waals surface area (Å²) in [5.74, 6) is -1.36. The number of nitrogens with zero attached hydrogens (tertiary/aromatic N) is 3. The van der Waals surface area contributed by atoms with Gasteiger partial charge in [-0.05, 0) is 12.1 Å². The Labute approximate surface area is 95.5 Å². The highest BCUT2D eigenvalue weighted by Gasteiger charge is 2.08. The predicted octanol–water partition coefficient (Wildman–Crippen LogP) is 0.0644. The minimum absolute atomic E-state index is 0.0890. The van der Waals surface area contributed by atoms with Crippen LogP contribution in [-0.4, -0.2) is 31.7 Å². The van der Waals surface area contributed by atoms with Gasteiger partial charge in [-0.2, -0.15) is 5.10 Å². The Morgan fingerprint density at radius 1 is 1.35 bits per heavy atom. The molecular weight excluding hydrogens is 224 g/mol. The van der Waals surface area contributed by atoms with E-state index in [2.05, 4.69) is 10.1 Å². The second-order valence-corrected chi connectivity index (χ2v) is 3.25. The van der Waals surface area contributed by atoms with E-state index in [0.29, 0.717) is 5.82 Å². The van der Waals surface area contributed by atoms with Crippen molar-refractivity contribution in [1.29, 1.82) is 0 Å². The van der Waals surface area contributed by atoms with Crippen LogP contribution >= 0.6 is 0 Å². The number of hydrogen-bond donors (Lipinski definition) is 2. The van der Waals surface area contributed by atoms with E-state index in [1.807, 2.05) is 0 Å². The number of carbonyl (C=O) groups is 2. The molecule has 1 amide bonds. The molecule has 2 heterocycles. The van der Waals surface area contributed by atoms with E-state index in [-0.39, 0.29) is 11.1 Å². The van der Waals surface area contributed by atoms with Crippen molar-refractivity contribution in [2.45, 2.75) is 0 Å². The van der Waals surface area contributed by atoms with Gasteiger partial charge in [0.2, 0.25) is 0 Å². The highest BCUT2D eigenvalue weighted by molar-refractivity contribution is 5.92. The van der Waals surface area contributed by atoms with Crippen LogP contribution in [0.3, 0.4) is 0 Å². The summed E-state index contributed by atoms with van der Waals surface area (Å²) < 4.78 is 1.28. The average Bonchev–Trinajstić information content (AvgIpc) is 2.78. The second kappa shape index (κ2) is 4.05. The molecule has 86 valence electrons. The third kappa shape index (κ3) is 2.12. The van der Waals surface area contributed by atoms with Gasteiger partial charge in [-0.15, -0.1) is 0 Å². The molecule has 2 aromatic rings.